The van der Waals surface area contributed by atoms with Gasteiger partial charge in [-0.25, -0.2) is 9.97 Å². The van der Waals surface area contributed by atoms with Crippen LogP contribution in [-0.4, -0.2) is 31.8 Å². The number of rotatable bonds is 3. The van der Waals surface area contributed by atoms with Crippen LogP contribution in [0.3, 0.4) is 0 Å². The van der Waals surface area contributed by atoms with Gasteiger partial charge >= 0.3 is 0 Å². The van der Waals surface area contributed by atoms with Crippen LogP contribution in [0.5, 0.6) is 0 Å². The van der Waals surface area contributed by atoms with E-state index in [1.807, 2.05) is 7.05 Å². The van der Waals surface area contributed by atoms with Crippen molar-refractivity contribution >= 4 is 0 Å². The summed E-state index contributed by atoms with van der Waals surface area (Å²) in [6, 6.07) is 0. The average molecular weight is 190 g/mol. The summed E-state index contributed by atoms with van der Waals surface area (Å²) >= 11 is 0. The Morgan fingerprint density at radius 3 is 3.00 bits per heavy atom. The molecule has 0 unspecified atom stereocenters. The SMILES string of the molecule is CNCc1ncnn1-c1cnccn1. The van der Waals surface area contributed by atoms with Gasteiger partial charge in [0, 0.05) is 12.4 Å². The lowest BCUT2D eigenvalue weighted by Crippen LogP contribution is -2.13. The first kappa shape index (κ1) is 8.76. The first-order valence-corrected chi connectivity index (χ1v) is 4.21. The molecule has 0 aliphatic heterocycles. The zero-order chi connectivity index (χ0) is 9.80. The van der Waals surface area contributed by atoms with Gasteiger partial charge < -0.3 is 5.32 Å². The highest BCUT2D eigenvalue weighted by atomic mass is 15.4. The van der Waals surface area contributed by atoms with Crippen molar-refractivity contribution in [2.75, 3.05) is 7.05 Å². The molecule has 0 spiro atoms. The van der Waals surface area contributed by atoms with E-state index in [1.165, 1.54) is 6.33 Å². The predicted octanol–water partition coefficient (Wildman–Crippen LogP) is -0.223. The van der Waals surface area contributed by atoms with Gasteiger partial charge in [-0.1, -0.05) is 0 Å². The molecule has 0 saturated heterocycles. The lowest BCUT2D eigenvalue weighted by molar-refractivity contribution is 0.700. The second-order valence-electron chi connectivity index (χ2n) is 2.68. The van der Waals surface area contributed by atoms with Crippen molar-refractivity contribution in [3.8, 4) is 5.82 Å². The van der Waals surface area contributed by atoms with Gasteiger partial charge in [0.15, 0.2) is 5.82 Å². The van der Waals surface area contributed by atoms with Crippen molar-refractivity contribution in [1.29, 1.82) is 0 Å². The minimum absolute atomic E-state index is 0.649. The fourth-order valence-electron chi connectivity index (χ4n) is 1.14. The summed E-state index contributed by atoms with van der Waals surface area (Å²) in [7, 11) is 1.86. The van der Waals surface area contributed by atoms with E-state index >= 15 is 0 Å². The molecule has 2 heterocycles. The minimum Gasteiger partial charge on any atom is -0.313 e. The molecular formula is C8H10N6. The zero-order valence-electron chi connectivity index (χ0n) is 7.75. The molecule has 2 rings (SSSR count). The molecule has 14 heavy (non-hydrogen) atoms. The van der Waals surface area contributed by atoms with E-state index in [-0.39, 0.29) is 0 Å². The number of hydrogen-bond acceptors (Lipinski definition) is 5. The van der Waals surface area contributed by atoms with E-state index in [2.05, 4.69) is 25.4 Å². The van der Waals surface area contributed by atoms with Crippen LogP contribution in [0, 0.1) is 0 Å². The Balaban J connectivity index is 2.37. The van der Waals surface area contributed by atoms with Gasteiger partial charge in [-0.15, -0.1) is 0 Å². The number of hydrogen-bond donors (Lipinski definition) is 1. The Bertz CT molecular complexity index is 395. The van der Waals surface area contributed by atoms with Crippen LogP contribution in [0.2, 0.25) is 0 Å². The van der Waals surface area contributed by atoms with Crippen molar-refractivity contribution in [2.45, 2.75) is 6.54 Å². The Morgan fingerprint density at radius 1 is 1.36 bits per heavy atom. The largest absolute Gasteiger partial charge is 0.313 e. The molecule has 0 bridgehead atoms. The van der Waals surface area contributed by atoms with Crippen LogP contribution in [0.1, 0.15) is 5.82 Å². The smallest absolute Gasteiger partial charge is 0.174 e. The maximum absolute atomic E-state index is 4.13. The third kappa shape index (κ3) is 1.60. The van der Waals surface area contributed by atoms with E-state index in [4.69, 9.17) is 0 Å². The Hall–Kier alpha value is -1.82. The fourth-order valence-corrected chi connectivity index (χ4v) is 1.14. The number of aromatic nitrogens is 5. The fraction of sp³-hybridized carbons (Fsp3) is 0.250. The van der Waals surface area contributed by atoms with E-state index in [0.29, 0.717) is 12.4 Å². The van der Waals surface area contributed by atoms with E-state index in [0.717, 1.165) is 5.82 Å². The van der Waals surface area contributed by atoms with Gasteiger partial charge in [0.1, 0.15) is 12.2 Å². The Morgan fingerprint density at radius 2 is 2.29 bits per heavy atom. The molecule has 0 radical (unpaired) electrons. The van der Waals surface area contributed by atoms with E-state index in [9.17, 15) is 0 Å². The van der Waals surface area contributed by atoms with Crippen molar-refractivity contribution < 1.29 is 0 Å². The second kappa shape index (κ2) is 3.93. The van der Waals surface area contributed by atoms with Crippen LogP contribution in [0.4, 0.5) is 0 Å². The summed E-state index contributed by atoms with van der Waals surface area (Å²) in [5.74, 6) is 1.49. The quantitative estimate of drug-likeness (QED) is 0.724. The van der Waals surface area contributed by atoms with Gasteiger partial charge in [0.2, 0.25) is 0 Å². The van der Waals surface area contributed by atoms with Crippen molar-refractivity contribution in [3.63, 3.8) is 0 Å². The highest BCUT2D eigenvalue weighted by Gasteiger charge is 2.05. The van der Waals surface area contributed by atoms with Crippen molar-refractivity contribution in [2.24, 2.45) is 0 Å². The molecule has 0 fully saturated rings. The van der Waals surface area contributed by atoms with E-state index < -0.39 is 0 Å². The third-order valence-electron chi connectivity index (χ3n) is 1.72. The van der Waals surface area contributed by atoms with Gasteiger partial charge in [0.05, 0.1) is 12.7 Å². The molecule has 0 aromatic carbocycles. The normalized spacial score (nSPS) is 10.4. The lowest BCUT2D eigenvalue weighted by Gasteiger charge is -2.02. The molecule has 1 N–H and O–H groups in total. The molecule has 2 aromatic rings. The summed E-state index contributed by atoms with van der Waals surface area (Å²) in [6.07, 6.45) is 6.40. The van der Waals surface area contributed by atoms with Crippen LogP contribution < -0.4 is 5.32 Å². The van der Waals surface area contributed by atoms with Crippen LogP contribution in [0.15, 0.2) is 24.9 Å². The topological polar surface area (TPSA) is 68.5 Å². The molecule has 0 aliphatic carbocycles. The molecule has 0 aliphatic rings. The maximum atomic E-state index is 4.13. The summed E-state index contributed by atoms with van der Waals surface area (Å²) < 4.78 is 1.66. The highest BCUT2D eigenvalue weighted by Crippen LogP contribution is 2.02. The van der Waals surface area contributed by atoms with Crippen molar-refractivity contribution in [1.82, 2.24) is 30.0 Å². The maximum Gasteiger partial charge on any atom is 0.174 e. The number of nitrogens with zero attached hydrogens (tertiary/aromatic N) is 5. The third-order valence-corrected chi connectivity index (χ3v) is 1.72. The molecule has 6 nitrogen and oxygen atoms in total. The van der Waals surface area contributed by atoms with E-state index in [1.54, 1.807) is 23.3 Å². The molecule has 0 saturated carbocycles. The molecule has 2 aromatic heterocycles. The Labute approximate surface area is 81.0 Å². The molecule has 6 heteroatoms. The molecular weight excluding hydrogens is 180 g/mol. The second-order valence-corrected chi connectivity index (χ2v) is 2.68. The summed E-state index contributed by atoms with van der Waals surface area (Å²) in [5.41, 5.74) is 0. The standard InChI is InChI=1S/C8H10N6/c1-9-4-7-12-6-13-14(7)8-5-10-2-3-11-8/h2-3,5-6,9H,4H2,1H3. The first-order valence-electron chi connectivity index (χ1n) is 4.21. The highest BCUT2D eigenvalue weighted by molar-refractivity contribution is 5.16. The van der Waals surface area contributed by atoms with Crippen LogP contribution in [-0.2, 0) is 6.54 Å². The summed E-state index contributed by atoms with van der Waals surface area (Å²) in [5, 5.41) is 7.08. The Kier molecular flexibility index (Phi) is 2.46. The first-order chi connectivity index (χ1) is 6.92. The predicted molar refractivity (Wildman–Crippen MR) is 49.7 cm³/mol. The zero-order valence-corrected chi connectivity index (χ0v) is 7.75. The minimum atomic E-state index is 0.649. The van der Waals surface area contributed by atoms with Gasteiger partial charge in [-0.2, -0.15) is 9.78 Å². The van der Waals surface area contributed by atoms with Crippen LogP contribution in [0.25, 0.3) is 5.82 Å². The lowest BCUT2D eigenvalue weighted by atomic mass is 10.5. The molecule has 0 amide bonds. The van der Waals surface area contributed by atoms with Gasteiger partial charge in [0.25, 0.3) is 0 Å². The number of nitrogens with one attached hydrogen (secondary N) is 1. The molecule has 72 valence electrons. The summed E-state index contributed by atoms with van der Waals surface area (Å²) in [4.78, 5) is 12.2. The van der Waals surface area contributed by atoms with Crippen molar-refractivity contribution in [3.05, 3.63) is 30.7 Å². The van der Waals surface area contributed by atoms with Gasteiger partial charge in [-0.3, -0.25) is 4.98 Å². The monoisotopic (exact) mass is 190 g/mol. The average Bonchev–Trinajstić information content (AvgIpc) is 2.68. The summed E-state index contributed by atoms with van der Waals surface area (Å²) in [6.45, 7) is 0.649. The van der Waals surface area contributed by atoms with Crippen LogP contribution >= 0.6 is 0 Å². The molecule has 0 atom stereocenters. The van der Waals surface area contributed by atoms with Gasteiger partial charge in [-0.05, 0) is 7.05 Å².